The van der Waals surface area contributed by atoms with Crippen molar-refractivity contribution in [3.05, 3.63) is 59.3 Å². The first-order valence-electron chi connectivity index (χ1n) is 11.9. The van der Waals surface area contributed by atoms with Crippen molar-refractivity contribution >= 4 is 22.3 Å². The molecule has 0 amide bonds. The van der Waals surface area contributed by atoms with Gasteiger partial charge in [0.15, 0.2) is 5.82 Å². The van der Waals surface area contributed by atoms with Gasteiger partial charge in [-0.1, -0.05) is 18.2 Å². The molecule has 2 aliphatic heterocycles. The van der Waals surface area contributed by atoms with Crippen LogP contribution in [0, 0.1) is 12.8 Å². The summed E-state index contributed by atoms with van der Waals surface area (Å²) in [7, 11) is 2.24. The van der Waals surface area contributed by atoms with Gasteiger partial charge in [-0.15, -0.1) is 5.10 Å². The molecule has 0 radical (unpaired) electrons. The van der Waals surface area contributed by atoms with Crippen LogP contribution in [0.2, 0.25) is 0 Å². The monoisotopic (exact) mass is 469 g/mol. The van der Waals surface area contributed by atoms with Crippen molar-refractivity contribution in [2.75, 3.05) is 36.9 Å². The molecule has 1 N–H and O–H groups in total. The van der Waals surface area contributed by atoms with E-state index in [0.717, 1.165) is 42.0 Å². The predicted molar refractivity (Wildman–Crippen MR) is 129 cm³/mol. The minimum Gasteiger partial charge on any atom is -0.371 e. The molecule has 2 fully saturated rings. The normalized spacial score (nSPS) is 21.5. The maximum atomic E-state index is 13.3. The Morgan fingerprint density at radius 3 is 2.79 bits per heavy atom. The van der Waals surface area contributed by atoms with E-state index in [2.05, 4.69) is 50.6 Å². The summed E-state index contributed by atoms with van der Waals surface area (Å²) >= 11 is 0. The van der Waals surface area contributed by atoms with E-state index in [1.54, 1.807) is 12.3 Å². The fourth-order valence-electron chi connectivity index (χ4n) is 5.64. The summed E-state index contributed by atoms with van der Waals surface area (Å²) in [6.45, 7) is 5.01. The third kappa shape index (κ3) is 4.43. The highest BCUT2D eigenvalue weighted by molar-refractivity contribution is 5.93. The van der Waals surface area contributed by atoms with Crippen molar-refractivity contribution in [2.45, 2.75) is 44.9 Å². The summed E-state index contributed by atoms with van der Waals surface area (Å²) in [6.07, 6.45) is 1.04. The third-order valence-corrected chi connectivity index (χ3v) is 7.56. The molecule has 0 spiro atoms. The lowest BCUT2D eigenvalue weighted by Crippen LogP contribution is -2.52. The lowest BCUT2D eigenvalue weighted by atomic mass is 9.84. The minimum atomic E-state index is -4.37. The quantitative estimate of drug-likeness (QED) is 0.548. The van der Waals surface area contributed by atoms with Crippen LogP contribution in [-0.4, -0.2) is 47.8 Å². The van der Waals surface area contributed by atoms with E-state index in [9.17, 15) is 13.2 Å². The van der Waals surface area contributed by atoms with E-state index < -0.39 is 11.7 Å². The lowest BCUT2D eigenvalue weighted by molar-refractivity contribution is -0.138. The van der Waals surface area contributed by atoms with Gasteiger partial charge in [0.25, 0.3) is 0 Å². The molecule has 8 heteroatoms. The average Bonchev–Trinajstić information content (AvgIpc) is 2.82. The minimum absolute atomic E-state index is 0.233. The molecular formula is C26H30F3N5. The Balaban J connectivity index is 1.38. The molecule has 2 saturated heterocycles. The van der Waals surface area contributed by atoms with Crippen LogP contribution in [0.3, 0.4) is 0 Å². The van der Waals surface area contributed by atoms with Crippen LogP contribution in [0.4, 0.5) is 24.7 Å². The second-order valence-corrected chi connectivity index (χ2v) is 9.59. The van der Waals surface area contributed by atoms with E-state index in [1.807, 2.05) is 0 Å². The number of rotatable bonds is 4. The topological polar surface area (TPSA) is 44.3 Å². The Morgan fingerprint density at radius 1 is 1.12 bits per heavy atom. The zero-order valence-corrected chi connectivity index (χ0v) is 19.6. The number of alkyl halides is 3. The Bertz CT molecular complexity index is 1180. The molecule has 2 aliphatic rings. The van der Waals surface area contributed by atoms with Crippen LogP contribution in [0.1, 0.15) is 36.0 Å². The van der Waals surface area contributed by atoms with Crippen LogP contribution in [0.25, 0.3) is 10.8 Å². The molecule has 0 saturated carbocycles. The number of piperidine rings is 2. The van der Waals surface area contributed by atoms with Gasteiger partial charge in [-0.3, -0.25) is 0 Å². The number of hydrogen-bond donors (Lipinski definition) is 1. The molecule has 5 nitrogen and oxygen atoms in total. The SMILES string of the molecule is Cc1c(CNc2nncc3ccc(N4CCC5C(CCCN5C)C4)cc23)cccc1C(F)(F)F. The molecular weight excluding hydrogens is 439 g/mol. The summed E-state index contributed by atoms with van der Waals surface area (Å²) in [5.41, 5.74) is 1.38. The van der Waals surface area contributed by atoms with Crippen LogP contribution >= 0.6 is 0 Å². The molecule has 34 heavy (non-hydrogen) atoms. The Morgan fingerprint density at radius 2 is 1.97 bits per heavy atom. The standard InChI is InChI=1S/C26H30F3N5/c1-17-18(5-3-7-23(17)26(27,28)29)14-30-25-22-13-21(9-8-19(22)15-31-32-25)34-12-10-24-20(16-34)6-4-11-33(24)2/h3,5,7-9,13,15,20,24H,4,6,10-12,14,16H2,1-2H3,(H,30,32). The van der Waals surface area contributed by atoms with Crippen LogP contribution in [-0.2, 0) is 12.7 Å². The largest absolute Gasteiger partial charge is 0.416 e. The van der Waals surface area contributed by atoms with E-state index in [1.165, 1.54) is 32.4 Å². The molecule has 180 valence electrons. The van der Waals surface area contributed by atoms with Gasteiger partial charge < -0.3 is 15.1 Å². The number of nitrogens with zero attached hydrogens (tertiary/aromatic N) is 4. The molecule has 0 aliphatic carbocycles. The lowest BCUT2D eigenvalue weighted by Gasteiger charge is -2.46. The molecule has 0 bridgehead atoms. The maximum Gasteiger partial charge on any atom is 0.416 e. The zero-order chi connectivity index (χ0) is 23.9. The number of nitrogens with one attached hydrogen (secondary N) is 1. The van der Waals surface area contributed by atoms with Gasteiger partial charge in [0.2, 0.25) is 0 Å². The van der Waals surface area contributed by atoms with Crippen LogP contribution < -0.4 is 10.2 Å². The molecule has 3 aromatic rings. The van der Waals surface area contributed by atoms with Gasteiger partial charge in [0.05, 0.1) is 11.8 Å². The highest BCUT2D eigenvalue weighted by atomic mass is 19.4. The number of aromatic nitrogens is 2. The second-order valence-electron chi connectivity index (χ2n) is 9.59. The van der Waals surface area contributed by atoms with Gasteiger partial charge >= 0.3 is 6.18 Å². The number of anilines is 2. The highest BCUT2D eigenvalue weighted by Gasteiger charge is 2.34. The van der Waals surface area contributed by atoms with Crippen molar-refractivity contribution in [1.29, 1.82) is 0 Å². The Kier molecular flexibility index (Phi) is 6.10. The fraction of sp³-hybridized carbons (Fsp3) is 0.462. The first-order chi connectivity index (χ1) is 16.3. The second kappa shape index (κ2) is 9.06. The first kappa shape index (κ1) is 22.9. The van der Waals surface area contributed by atoms with Crippen LogP contribution in [0.15, 0.2) is 42.6 Å². The number of likely N-dealkylation sites (tertiary alicyclic amines) is 1. The van der Waals surface area contributed by atoms with E-state index in [4.69, 9.17) is 0 Å². The summed E-state index contributed by atoms with van der Waals surface area (Å²) in [5.74, 6) is 1.27. The number of fused-ring (bicyclic) bond motifs is 2. The number of benzene rings is 2. The van der Waals surface area contributed by atoms with E-state index >= 15 is 0 Å². The molecule has 3 heterocycles. The van der Waals surface area contributed by atoms with Gasteiger partial charge in [0.1, 0.15) is 0 Å². The molecule has 2 unspecified atom stereocenters. The van der Waals surface area contributed by atoms with E-state index in [0.29, 0.717) is 23.3 Å². The Hall–Kier alpha value is -2.87. The van der Waals surface area contributed by atoms with Crippen molar-refractivity contribution in [1.82, 2.24) is 15.1 Å². The van der Waals surface area contributed by atoms with Gasteiger partial charge in [-0.25, -0.2) is 0 Å². The summed E-state index contributed by atoms with van der Waals surface area (Å²) < 4.78 is 39.9. The van der Waals surface area contributed by atoms with E-state index in [-0.39, 0.29) is 12.1 Å². The zero-order valence-electron chi connectivity index (χ0n) is 19.6. The fourth-order valence-corrected chi connectivity index (χ4v) is 5.64. The smallest absolute Gasteiger partial charge is 0.371 e. The summed E-state index contributed by atoms with van der Waals surface area (Å²) in [5, 5.41) is 13.5. The van der Waals surface area contributed by atoms with Gasteiger partial charge in [-0.05, 0) is 75.0 Å². The molecule has 1 aromatic heterocycles. The summed E-state index contributed by atoms with van der Waals surface area (Å²) in [4.78, 5) is 4.97. The van der Waals surface area contributed by atoms with Crippen molar-refractivity contribution < 1.29 is 13.2 Å². The van der Waals surface area contributed by atoms with Gasteiger partial charge in [0, 0.05) is 42.1 Å². The summed E-state index contributed by atoms with van der Waals surface area (Å²) in [6, 6.07) is 11.3. The maximum absolute atomic E-state index is 13.3. The van der Waals surface area contributed by atoms with Crippen molar-refractivity contribution in [3.63, 3.8) is 0 Å². The predicted octanol–water partition coefficient (Wildman–Crippen LogP) is 5.49. The first-order valence-corrected chi connectivity index (χ1v) is 11.9. The van der Waals surface area contributed by atoms with Crippen molar-refractivity contribution in [3.8, 4) is 0 Å². The van der Waals surface area contributed by atoms with Gasteiger partial charge in [-0.2, -0.15) is 18.3 Å². The van der Waals surface area contributed by atoms with Crippen LogP contribution in [0.5, 0.6) is 0 Å². The molecule has 5 rings (SSSR count). The third-order valence-electron chi connectivity index (χ3n) is 7.56. The molecule has 2 aromatic carbocycles. The highest BCUT2D eigenvalue weighted by Crippen LogP contribution is 2.35. The average molecular weight is 470 g/mol. The number of hydrogen-bond acceptors (Lipinski definition) is 5. The molecule has 2 atom stereocenters. The number of halogens is 3. The van der Waals surface area contributed by atoms with Crippen molar-refractivity contribution in [2.24, 2.45) is 5.92 Å². The Labute approximate surface area is 198 Å².